The molecule has 1 fully saturated rings. The van der Waals surface area contributed by atoms with Gasteiger partial charge in [0.15, 0.2) is 0 Å². The zero-order chi connectivity index (χ0) is 18.1. The molecule has 1 saturated heterocycles. The Hall–Kier alpha value is -2.36. The zero-order valence-electron chi connectivity index (χ0n) is 14.2. The van der Waals surface area contributed by atoms with Crippen LogP contribution in [0.4, 0.5) is 5.69 Å². The number of amides is 2. The topological polar surface area (TPSA) is 112 Å². The van der Waals surface area contributed by atoms with Crippen molar-refractivity contribution in [3.63, 3.8) is 0 Å². The lowest BCUT2D eigenvalue weighted by molar-refractivity contribution is -0.147. The molecular formula is C16H24N4O5. The number of hydrogen-bond donors (Lipinski definition) is 4. The SMILES string of the molecule is CCOc1cc(CNN2CCOCC2=O)ccc1NCCC(=O)NO. The van der Waals surface area contributed by atoms with Crippen LogP contribution in [0.15, 0.2) is 18.2 Å². The summed E-state index contributed by atoms with van der Waals surface area (Å²) in [6, 6.07) is 5.66. The van der Waals surface area contributed by atoms with E-state index >= 15 is 0 Å². The Kier molecular flexibility index (Phi) is 7.45. The predicted octanol–water partition coefficient (Wildman–Crippen LogP) is 0.256. The number of benzene rings is 1. The van der Waals surface area contributed by atoms with Crippen molar-refractivity contribution in [1.82, 2.24) is 15.9 Å². The monoisotopic (exact) mass is 352 g/mol. The van der Waals surface area contributed by atoms with Gasteiger partial charge in [-0.3, -0.25) is 19.8 Å². The van der Waals surface area contributed by atoms with Crippen LogP contribution in [0, 0.1) is 0 Å². The van der Waals surface area contributed by atoms with E-state index in [1.807, 2.05) is 25.1 Å². The van der Waals surface area contributed by atoms with Crippen LogP contribution in [0.5, 0.6) is 5.75 Å². The summed E-state index contributed by atoms with van der Waals surface area (Å²) in [5, 5.41) is 13.2. The number of carbonyl (C=O) groups is 2. The number of ether oxygens (including phenoxy) is 2. The first-order valence-electron chi connectivity index (χ1n) is 8.18. The predicted molar refractivity (Wildman–Crippen MR) is 90.0 cm³/mol. The van der Waals surface area contributed by atoms with Crippen molar-refractivity contribution in [3.05, 3.63) is 23.8 Å². The van der Waals surface area contributed by atoms with Crippen LogP contribution in [0.2, 0.25) is 0 Å². The van der Waals surface area contributed by atoms with Crippen molar-refractivity contribution in [1.29, 1.82) is 0 Å². The van der Waals surface area contributed by atoms with E-state index in [1.165, 1.54) is 0 Å². The van der Waals surface area contributed by atoms with E-state index < -0.39 is 5.91 Å². The first kappa shape index (κ1) is 19.0. The molecular weight excluding hydrogens is 328 g/mol. The lowest BCUT2D eigenvalue weighted by Crippen LogP contribution is -2.49. The molecule has 1 heterocycles. The lowest BCUT2D eigenvalue weighted by Gasteiger charge is -2.27. The number of carbonyl (C=O) groups excluding carboxylic acids is 2. The molecule has 9 nitrogen and oxygen atoms in total. The first-order chi connectivity index (χ1) is 12.1. The molecule has 0 atom stereocenters. The van der Waals surface area contributed by atoms with Crippen molar-refractivity contribution >= 4 is 17.5 Å². The van der Waals surface area contributed by atoms with Crippen molar-refractivity contribution in [2.24, 2.45) is 0 Å². The smallest absolute Gasteiger partial charge is 0.262 e. The summed E-state index contributed by atoms with van der Waals surface area (Å²) in [4.78, 5) is 22.7. The number of hydrazine groups is 1. The Morgan fingerprint density at radius 1 is 1.44 bits per heavy atom. The Labute approximate surface area is 146 Å². The van der Waals surface area contributed by atoms with Crippen molar-refractivity contribution in [2.75, 3.05) is 38.2 Å². The molecule has 2 rings (SSSR count). The van der Waals surface area contributed by atoms with Crippen LogP contribution >= 0.6 is 0 Å². The number of rotatable bonds is 9. The van der Waals surface area contributed by atoms with Gasteiger partial charge >= 0.3 is 0 Å². The van der Waals surface area contributed by atoms with Crippen LogP contribution in [0.25, 0.3) is 0 Å². The second-order valence-corrected chi connectivity index (χ2v) is 5.41. The molecule has 0 saturated carbocycles. The van der Waals surface area contributed by atoms with Gasteiger partial charge in [0.1, 0.15) is 12.4 Å². The minimum atomic E-state index is -0.457. The Morgan fingerprint density at radius 2 is 2.28 bits per heavy atom. The molecule has 0 aromatic heterocycles. The van der Waals surface area contributed by atoms with Crippen molar-refractivity contribution in [3.8, 4) is 5.75 Å². The van der Waals surface area contributed by atoms with Gasteiger partial charge in [-0.1, -0.05) is 6.07 Å². The van der Waals surface area contributed by atoms with E-state index in [4.69, 9.17) is 14.7 Å². The fourth-order valence-corrected chi connectivity index (χ4v) is 2.34. The molecule has 2 amide bonds. The quantitative estimate of drug-likeness (QED) is 0.372. The lowest BCUT2D eigenvalue weighted by atomic mass is 10.2. The van der Waals surface area contributed by atoms with Gasteiger partial charge in [0.25, 0.3) is 5.91 Å². The molecule has 0 radical (unpaired) electrons. The van der Waals surface area contributed by atoms with Gasteiger partial charge in [0.2, 0.25) is 5.91 Å². The number of anilines is 1. The van der Waals surface area contributed by atoms with E-state index in [0.29, 0.717) is 38.6 Å². The van der Waals surface area contributed by atoms with Crippen LogP contribution in [0.3, 0.4) is 0 Å². The van der Waals surface area contributed by atoms with E-state index in [9.17, 15) is 9.59 Å². The zero-order valence-corrected chi connectivity index (χ0v) is 14.2. The summed E-state index contributed by atoms with van der Waals surface area (Å²) >= 11 is 0. The summed E-state index contributed by atoms with van der Waals surface area (Å²) in [5.41, 5.74) is 6.40. The maximum absolute atomic E-state index is 11.7. The largest absolute Gasteiger partial charge is 0.492 e. The van der Waals surface area contributed by atoms with E-state index in [0.717, 1.165) is 11.3 Å². The van der Waals surface area contributed by atoms with Crippen molar-refractivity contribution < 1.29 is 24.3 Å². The third kappa shape index (κ3) is 5.89. The number of hydrogen-bond acceptors (Lipinski definition) is 7. The molecule has 4 N–H and O–H groups in total. The van der Waals surface area contributed by atoms with Gasteiger partial charge in [-0.05, 0) is 24.6 Å². The molecule has 25 heavy (non-hydrogen) atoms. The second-order valence-electron chi connectivity index (χ2n) is 5.41. The summed E-state index contributed by atoms with van der Waals surface area (Å²) < 4.78 is 10.7. The highest BCUT2D eigenvalue weighted by Crippen LogP contribution is 2.26. The van der Waals surface area contributed by atoms with E-state index in [-0.39, 0.29) is 18.9 Å². The molecule has 1 aromatic rings. The van der Waals surface area contributed by atoms with Gasteiger partial charge in [0, 0.05) is 19.5 Å². The van der Waals surface area contributed by atoms with Crippen LogP contribution in [-0.2, 0) is 20.9 Å². The molecule has 0 aliphatic carbocycles. The first-order valence-corrected chi connectivity index (χ1v) is 8.18. The summed E-state index contributed by atoms with van der Waals surface area (Å²) in [5.74, 6) is 0.123. The van der Waals surface area contributed by atoms with Crippen LogP contribution < -0.4 is 21.0 Å². The van der Waals surface area contributed by atoms with Gasteiger partial charge in [-0.25, -0.2) is 10.9 Å². The average Bonchev–Trinajstić information content (AvgIpc) is 2.62. The minimum Gasteiger partial charge on any atom is -0.492 e. The number of nitrogens with zero attached hydrogens (tertiary/aromatic N) is 1. The summed E-state index contributed by atoms with van der Waals surface area (Å²) in [6.45, 7) is 4.38. The van der Waals surface area contributed by atoms with Gasteiger partial charge < -0.3 is 14.8 Å². The highest BCUT2D eigenvalue weighted by atomic mass is 16.5. The average molecular weight is 352 g/mol. The van der Waals surface area contributed by atoms with Crippen LogP contribution in [-0.4, -0.2) is 54.9 Å². The third-order valence-corrected chi connectivity index (χ3v) is 3.60. The molecule has 1 aromatic carbocycles. The molecule has 1 aliphatic rings. The standard InChI is InChI=1S/C16H24N4O5/c1-2-25-14-9-12(10-18-20-7-8-24-11-16(20)22)3-4-13(14)17-6-5-15(21)19-23/h3-4,9,17-18,23H,2,5-8,10-11H2,1H3,(H,19,21). The molecule has 0 bridgehead atoms. The highest BCUT2D eigenvalue weighted by molar-refractivity contribution is 5.77. The van der Waals surface area contributed by atoms with Gasteiger partial charge in [0.05, 0.1) is 25.4 Å². The number of morpholine rings is 1. The van der Waals surface area contributed by atoms with E-state index in [2.05, 4.69) is 10.7 Å². The van der Waals surface area contributed by atoms with Gasteiger partial charge in [-0.2, -0.15) is 0 Å². The van der Waals surface area contributed by atoms with Crippen molar-refractivity contribution in [2.45, 2.75) is 19.9 Å². The Balaban J connectivity index is 1.94. The molecule has 0 spiro atoms. The van der Waals surface area contributed by atoms with Gasteiger partial charge in [-0.15, -0.1) is 0 Å². The molecule has 1 aliphatic heterocycles. The minimum absolute atomic E-state index is 0.0864. The maximum Gasteiger partial charge on any atom is 0.262 e. The highest BCUT2D eigenvalue weighted by Gasteiger charge is 2.18. The number of hydroxylamine groups is 1. The molecule has 138 valence electrons. The summed E-state index contributed by atoms with van der Waals surface area (Å²) in [6.07, 6.45) is 0.143. The molecule has 0 unspecified atom stereocenters. The number of nitrogens with one attached hydrogen (secondary N) is 3. The summed E-state index contributed by atoms with van der Waals surface area (Å²) in [7, 11) is 0. The maximum atomic E-state index is 11.7. The molecule has 9 heteroatoms. The Morgan fingerprint density at radius 3 is 3.00 bits per heavy atom. The third-order valence-electron chi connectivity index (χ3n) is 3.60. The fraction of sp³-hybridized carbons (Fsp3) is 0.500. The van der Waals surface area contributed by atoms with E-state index in [1.54, 1.807) is 10.5 Å². The normalized spacial score (nSPS) is 14.3. The van der Waals surface area contributed by atoms with Crippen LogP contribution in [0.1, 0.15) is 18.9 Å². The fourth-order valence-electron chi connectivity index (χ4n) is 2.34. The Bertz CT molecular complexity index is 596. The second kappa shape index (κ2) is 9.82.